The lowest BCUT2D eigenvalue weighted by Gasteiger charge is -1.81. The average Bonchev–Trinajstić information content (AvgIpc) is 2.46. The molecule has 0 aliphatic heterocycles. The Labute approximate surface area is 122 Å². The fraction of sp³-hybridized carbons (Fsp3) is 0.100. The van der Waals surface area contributed by atoms with Crippen molar-refractivity contribution in [1.29, 1.82) is 0 Å². The first kappa shape index (κ1) is 15.7. The molecule has 0 fully saturated rings. The Morgan fingerprint density at radius 1 is 0.250 bits per heavy atom. The molecule has 0 spiro atoms. The predicted octanol–water partition coefficient (Wildman–Crippen LogP) is 5.79. The summed E-state index contributed by atoms with van der Waals surface area (Å²) >= 11 is 0. The van der Waals surface area contributed by atoms with E-state index in [1.165, 1.54) is 0 Å². The van der Waals surface area contributed by atoms with Crippen molar-refractivity contribution >= 4 is 0 Å². The molecule has 1 aliphatic carbocycles. The summed E-state index contributed by atoms with van der Waals surface area (Å²) in [5, 5.41) is 0. The molecule has 20 heavy (non-hydrogen) atoms. The molecule has 0 saturated heterocycles. The zero-order valence-electron chi connectivity index (χ0n) is 11.8. The molecule has 0 bridgehead atoms. The SMILES string of the molecule is C1=C\C=C/C=C/C=C/C=C\C/C=C/C=C\C=C\CC=C1. The van der Waals surface area contributed by atoms with Gasteiger partial charge in [0.2, 0.25) is 0 Å². The molecule has 1 rings (SSSR count). The monoisotopic (exact) mass is 262 g/mol. The summed E-state index contributed by atoms with van der Waals surface area (Å²) in [6.45, 7) is 0. The zero-order chi connectivity index (χ0) is 14.1. The number of allylic oxidation sites excluding steroid dienone is 18. The molecule has 0 amide bonds. The quantitative estimate of drug-likeness (QED) is 0.518. The maximum absolute atomic E-state index is 2.14. The van der Waals surface area contributed by atoms with E-state index in [1.54, 1.807) is 0 Å². The van der Waals surface area contributed by atoms with Crippen LogP contribution in [0, 0.1) is 0 Å². The molecule has 0 aromatic carbocycles. The van der Waals surface area contributed by atoms with Crippen LogP contribution >= 0.6 is 0 Å². The fourth-order valence-corrected chi connectivity index (χ4v) is 1.43. The van der Waals surface area contributed by atoms with E-state index in [-0.39, 0.29) is 0 Å². The minimum Gasteiger partial charge on any atom is -0.0807 e. The van der Waals surface area contributed by atoms with Gasteiger partial charge < -0.3 is 0 Å². The van der Waals surface area contributed by atoms with E-state index in [1.807, 2.05) is 48.6 Å². The van der Waals surface area contributed by atoms with Crippen molar-refractivity contribution in [1.82, 2.24) is 0 Å². The van der Waals surface area contributed by atoms with Gasteiger partial charge in [0.25, 0.3) is 0 Å². The number of hydrogen-bond acceptors (Lipinski definition) is 0. The summed E-state index contributed by atoms with van der Waals surface area (Å²) in [5.74, 6) is 0. The lowest BCUT2D eigenvalue weighted by Crippen LogP contribution is -1.59. The first-order valence-electron chi connectivity index (χ1n) is 6.97. The highest BCUT2D eigenvalue weighted by Crippen LogP contribution is 1.92. The van der Waals surface area contributed by atoms with Crippen LogP contribution in [-0.4, -0.2) is 0 Å². The Morgan fingerprint density at radius 2 is 0.450 bits per heavy atom. The molecule has 0 radical (unpaired) electrons. The largest absolute Gasteiger partial charge is 0.0807 e. The van der Waals surface area contributed by atoms with E-state index >= 15 is 0 Å². The maximum atomic E-state index is 2.14. The highest BCUT2D eigenvalue weighted by molar-refractivity contribution is 5.20. The maximum Gasteiger partial charge on any atom is -0.0163 e. The van der Waals surface area contributed by atoms with Crippen molar-refractivity contribution in [2.75, 3.05) is 0 Å². The molecule has 0 heteroatoms. The summed E-state index contributed by atoms with van der Waals surface area (Å²) < 4.78 is 0. The molecule has 0 N–H and O–H groups in total. The van der Waals surface area contributed by atoms with Gasteiger partial charge in [-0.25, -0.2) is 0 Å². The molecule has 0 nitrogen and oxygen atoms in total. The van der Waals surface area contributed by atoms with Crippen molar-refractivity contribution in [3.05, 3.63) is 109 Å². The van der Waals surface area contributed by atoms with Gasteiger partial charge in [-0.2, -0.15) is 0 Å². The van der Waals surface area contributed by atoms with E-state index in [0.29, 0.717) is 0 Å². The van der Waals surface area contributed by atoms with E-state index in [9.17, 15) is 0 Å². The van der Waals surface area contributed by atoms with Gasteiger partial charge in [-0.15, -0.1) is 0 Å². The molecule has 0 heterocycles. The molecule has 0 aromatic rings. The second-order valence-electron chi connectivity index (χ2n) is 4.11. The van der Waals surface area contributed by atoms with Gasteiger partial charge in [0.15, 0.2) is 0 Å². The third kappa shape index (κ3) is 10.8. The Hall–Kier alpha value is -2.34. The van der Waals surface area contributed by atoms with Crippen LogP contribution in [0.15, 0.2) is 109 Å². The zero-order valence-corrected chi connectivity index (χ0v) is 11.8. The molecule has 1 aliphatic rings. The van der Waals surface area contributed by atoms with Crippen LogP contribution in [0.1, 0.15) is 12.8 Å². The Bertz CT molecular complexity index is 440. The number of rotatable bonds is 0. The smallest absolute Gasteiger partial charge is 0.0163 e. The highest BCUT2D eigenvalue weighted by atomic mass is 13.8. The molecule has 0 unspecified atom stereocenters. The molecule has 102 valence electrons. The summed E-state index contributed by atoms with van der Waals surface area (Å²) in [7, 11) is 0. The third-order valence-electron chi connectivity index (χ3n) is 2.42. The van der Waals surface area contributed by atoms with E-state index in [2.05, 4.69) is 60.8 Å². The summed E-state index contributed by atoms with van der Waals surface area (Å²) in [6.07, 6.45) is 39.0. The van der Waals surface area contributed by atoms with Crippen molar-refractivity contribution in [3.8, 4) is 0 Å². The topological polar surface area (TPSA) is 0 Å². The van der Waals surface area contributed by atoms with Gasteiger partial charge in [-0.05, 0) is 12.8 Å². The van der Waals surface area contributed by atoms with Crippen LogP contribution in [0.25, 0.3) is 0 Å². The van der Waals surface area contributed by atoms with Crippen LogP contribution in [0.2, 0.25) is 0 Å². The Morgan fingerprint density at radius 3 is 0.700 bits per heavy atom. The summed E-state index contributed by atoms with van der Waals surface area (Å²) in [6, 6.07) is 0. The second kappa shape index (κ2) is 13.1. The van der Waals surface area contributed by atoms with E-state index < -0.39 is 0 Å². The first-order chi connectivity index (χ1) is 10.0. The standard InChI is InChI=1S/C20H22/c1-2-4-6-8-10-12-14-16-18-20-19-17-15-13-11-9-7-5-3-1/h1-12,15-20H,13-14H2/b3-1-,4-2+,7-5?,8-6+,11-9?,12-10-,17-15+,18-16+,20-19-. The van der Waals surface area contributed by atoms with Gasteiger partial charge in [0, 0.05) is 0 Å². The third-order valence-corrected chi connectivity index (χ3v) is 2.42. The molecule has 0 atom stereocenters. The van der Waals surface area contributed by atoms with Crippen LogP contribution < -0.4 is 0 Å². The van der Waals surface area contributed by atoms with Gasteiger partial charge in [0.05, 0.1) is 0 Å². The molecule has 0 saturated carbocycles. The van der Waals surface area contributed by atoms with Gasteiger partial charge in [-0.3, -0.25) is 0 Å². The molecule has 0 aromatic heterocycles. The van der Waals surface area contributed by atoms with Crippen LogP contribution in [0.4, 0.5) is 0 Å². The normalized spacial score (nSPS) is 28.0. The predicted molar refractivity (Wildman–Crippen MR) is 91.5 cm³/mol. The lowest BCUT2D eigenvalue weighted by atomic mass is 10.3. The van der Waals surface area contributed by atoms with Crippen LogP contribution in [0.5, 0.6) is 0 Å². The minimum absolute atomic E-state index is 0.954. The Balaban J connectivity index is 2.59. The lowest BCUT2D eigenvalue weighted by molar-refractivity contribution is 1.39. The fourth-order valence-electron chi connectivity index (χ4n) is 1.43. The van der Waals surface area contributed by atoms with Crippen molar-refractivity contribution in [2.24, 2.45) is 0 Å². The van der Waals surface area contributed by atoms with E-state index in [0.717, 1.165) is 12.8 Å². The Kier molecular flexibility index (Phi) is 10.3. The highest BCUT2D eigenvalue weighted by Gasteiger charge is 1.70. The average molecular weight is 262 g/mol. The van der Waals surface area contributed by atoms with Crippen LogP contribution in [-0.2, 0) is 0 Å². The summed E-state index contributed by atoms with van der Waals surface area (Å²) in [4.78, 5) is 0. The van der Waals surface area contributed by atoms with Crippen molar-refractivity contribution in [2.45, 2.75) is 12.8 Å². The van der Waals surface area contributed by atoms with Gasteiger partial charge in [0.1, 0.15) is 0 Å². The van der Waals surface area contributed by atoms with Gasteiger partial charge >= 0.3 is 0 Å². The second-order valence-corrected chi connectivity index (χ2v) is 4.11. The number of hydrogen-bond donors (Lipinski definition) is 0. The van der Waals surface area contributed by atoms with Crippen LogP contribution in [0.3, 0.4) is 0 Å². The van der Waals surface area contributed by atoms with E-state index in [4.69, 9.17) is 0 Å². The van der Waals surface area contributed by atoms with Crippen molar-refractivity contribution in [3.63, 3.8) is 0 Å². The van der Waals surface area contributed by atoms with Crippen molar-refractivity contribution < 1.29 is 0 Å². The van der Waals surface area contributed by atoms with Gasteiger partial charge in [-0.1, -0.05) is 109 Å². The minimum atomic E-state index is 0.954. The molecular weight excluding hydrogens is 240 g/mol. The molecular formula is C20H22. The summed E-state index contributed by atoms with van der Waals surface area (Å²) in [5.41, 5.74) is 0. The first-order valence-corrected chi connectivity index (χ1v) is 6.97.